The molecular weight excluding hydrogens is 282 g/mol. The van der Waals surface area contributed by atoms with Gasteiger partial charge in [0.25, 0.3) is 11.7 Å². The van der Waals surface area contributed by atoms with E-state index in [0.717, 1.165) is 12.1 Å². The first-order valence-electron chi connectivity index (χ1n) is 6.50. The lowest BCUT2D eigenvalue weighted by atomic mass is 10.1. The van der Waals surface area contributed by atoms with Crippen molar-refractivity contribution in [3.8, 4) is 0 Å². The number of carbonyl (C=O) groups is 3. The van der Waals surface area contributed by atoms with Gasteiger partial charge < -0.3 is 5.32 Å². The third kappa shape index (κ3) is 2.63. The van der Waals surface area contributed by atoms with E-state index in [-0.39, 0.29) is 6.04 Å². The smallest absolute Gasteiger partial charge is 0.300 e. The van der Waals surface area contributed by atoms with Gasteiger partial charge in [-0.15, -0.1) is 0 Å². The van der Waals surface area contributed by atoms with Gasteiger partial charge in [0.2, 0.25) is 5.91 Å². The number of halogens is 2. The van der Waals surface area contributed by atoms with Crippen LogP contribution in [0.5, 0.6) is 0 Å². The summed E-state index contributed by atoms with van der Waals surface area (Å²) in [5.74, 6) is -4.68. The highest BCUT2D eigenvalue weighted by Gasteiger charge is 2.41. The number of amides is 2. The lowest BCUT2D eigenvalue weighted by Crippen LogP contribution is -2.43. The Labute approximate surface area is 119 Å². The molecule has 2 amide bonds. The van der Waals surface area contributed by atoms with Crippen LogP contribution in [0.25, 0.3) is 0 Å². The summed E-state index contributed by atoms with van der Waals surface area (Å²) < 4.78 is 27.4. The standard InChI is InChI=1S/C14H14F2N2O3/c1-3-7(2)17-10(19)6-18-12-9(16)5-4-8(15)11(12)13(20)14(18)21/h4-5,7H,3,6H2,1-2H3,(H,17,19). The highest BCUT2D eigenvalue weighted by molar-refractivity contribution is 6.52. The first kappa shape index (κ1) is 15.1. The molecule has 21 heavy (non-hydrogen) atoms. The minimum absolute atomic E-state index is 0.122. The highest BCUT2D eigenvalue weighted by atomic mass is 19.1. The van der Waals surface area contributed by atoms with Crippen molar-refractivity contribution in [2.24, 2.45) is 0 Å². The predicted octanol–water partition coefficient (Wildman–Crippen LogP) is 1.41. The molecule has 7 heteroatoms. The van der Waals surface area contributed by atoms with Crippen LogP contribution in [0, 0.1) is 11.6 Å². The predicted molar refractivity (Wildman–Crippen MR) is 70.9 cm³/mol. The fourth-order valence-corrected chi connectivity index (χ4v) is 2.07. The maximum Gasteiger partial charge on any atom is 0.300 e. The molecule has 0 fully saturated rings. The number of carbonyl (C=O) groups excluding carboxylic acids is 3. The van der Waals surface area contributed by atoms with Crippen molar-refractivity contribution in [2.45, 2.75) is 26.3 Å². The van der Waals surface area contributed by atoms with Crippen LogP contribution in [0.15, 0.2) is 12.1 Å². The molecule has 5 nitrogen and oxygen atoms in total. The molecule has 0 saturated carbocycles. The average molecular weight is 296 g/mol. The molecule has 112 valence electrons. The molecule has 2 rings (SSSR count). The lowest BCUT2D eigenvalue weighted by molar-refractivity contribution is -0.122. The van der Waals surface area contributed by atoms with Gasteiger partial charge in [-0.25, -0.2) is 8.78 Å². The van der Waals surface area contributed by atoms with E-state index >= 15 is 0 Å². The van der Waals surface area contributed by atoms with E-state index in [2.05, 4.69) is 5.32 Å². The molecule has 0 radical (unpaired) electrons. The maximum absolute atomic E-state index is 13.8. The van der Waals surface area contributed by atoms with Gasteiger partial charge in [-0.1, -0.05) is 6.92 Å². The Hall–Kier alpha value is -2.31. The van der Waals surface area contributed by atoms with Gasteiger partial charge in [-0.3, -0.25) is 19.3 Å². The third-order valence-corrected chi connectivity index (χ3v) is 3.34. The van der Waals surface area contributed by atoms with E-state index in [0.29, 0.717) is 11.3 Å². The molecule has 1 aliphatic heterocycles. The van der Waals surface area contributed by atoms with Crippen LogP contribution in [-0.2, 0) is 9.59 Å². The van der Waals surface area contributed by atoms with Gasteiger partial charge in [-0.2, -0.15) is 0 Å². The molecule has 1 N–H and O–H groups in total. The van der Waals surface area contributed by atoms with Crippen LogP contribution < -0.4 is 10.2 Å². The van der Waals surface area contributed by atoms with E-state index < -0.39 is 47.0 Å². The molecule has 1 aromatic carbocycles. The van der Waals surface area contributed by atoms with Crippen LogP contribution >= 0.6 is 0 Å². The molecule has 1 atom stereocenters. The molecule has 0 saturated heterocycles. The van der Waals surface area contributed by atoms with E-state index in [1.165, 1.54) is 0 Å². The van der Waals surface area contributed by atoms with Crippen molar-refractivity contribution in [3.05, 3.63) is 29.3 Å². The fraction of sp³-hybridized carbons (Fsp3) is 0.357. The van der Waals surface area contributed by atoms with Crippen LogP contribution in [0.1, 0.15) is 30.6 Å². The van der Waals surface area contributed by atoms with Gasteiger partial charge in [-0.05, 0) is 25.5 Å². The van der Waals surface area contributed by atoms with Gasteiger partial charge >= 0.3 is 0 Å². The van der Waals surface area contributed by atoms with Crippen molar-refractivity contribution >= 4 is 23.3 Å². The van der Waals surface area contributed by atoms with E-state index in [1.807, 2.05) is 6.92 Å². The topological polar surface area (TPSA) is 66.5 Å². The fourth-order valence-electron chi connectivity index (χ4n) is 2.07. The van der Waals surface area contributed by atoms with Crippen molar-refractivity contribution in [1.29, 1.82) is 0 Å². The molecule has 0 aromatic heterocycles. The number of Topliss-reactive ketones (excluding diaryl/α,β-unsaturated/α-hetero) is 1. The SMILES string of the molecule is CCC(C)NC(=O)CN1C(=O)C(=O)c2c(F)ccc(F)c21. The van der Waals surface area contributed by atoms with Crippen LogP contribution in [0.4, 0.5) is 14.5 Å². The first-order valence-corrected chi connectivity index (χ1v) is 6.50. The van der Waals surface area contributed by atoms with Crippen molar-refractivity contribution in [2.75, 3.05) is 11.4 Å². The summed E-state index contributed by atoms with van der Waals surface area (Å²) in [7, 11) is 0. The normalized spacial score (nSPS) is 15.1. The minimum Gasteiger partial charge on any atom is -0.352 e. The Morgan fingerprint density at radius 1 is 1.29 bits per heavy atom. The first-order chi connectivity index (χ1) is 9.86. The summed E-state index contributed by atoms with van der Waals surface area (Å²) >= 11 is 0. The number of hydrogen-bond donors (Lipinski definition) is 1. The number of ketones is 1. The Kier molecular flexibility index (Phi) is 4.02. The largest absolute Gasteiger partial charge is 0.352 e. The molecule has 0 bridgehead atoms. The van der Waals surface area contributed by atoms with Gasteiger partial charge in [0, 0.05) is 6.04 Å². The van der Waals surface area contributed by atoms with Gasteiger partial charge in [0.05, 0.1) is 11.3 Å². The Bertz CT molecular complexity index is 631. The van der Waals surface area contributed by atoms with Crippen molar-refractivity contribution < 1.29 is 23.2 Å². The summed E-state index contributed by atoms with van der Waals surface area (Å²) in [6.07, 6.45) is 0.679. The summed E-state index contributed by atoms with van der Waals surface area (Å²) in [6, 6.07) is 1.48. The molecule has 1 aliphatic rings. The number of rotatable bonds is 4. The van der Waals surface area contributed by atoms with Crippen LogP contribution in [0.2, 0.25) is 0 Å². The van der Waals surface area contributed by atoms with E-state index in [1.54, 1.807) is 6.92 Å². The van der Waals surface area contributed by atoms with Crippen molar-refractivity contribution in [3.63, 3.8) is 0 Å². The maximum atomic E-state index is 13.8. The van der Waals surface area contributed by atoms with Crippen LogP contribution in [-0.4, -0.2) is 30.2 Å². The number of nitrogens with one attached hydrogen (secondary N) is 1. The van der Waals surface area contributed by atoms with Gasteiger partial charge in [0.15, 0.2) is 0 Å². The van der Waals surface area contributed by atoms with E-state index in [9.17, 15) is 23.2 Å². The number of hydrogen-bond acceptors (Lipinski definition) is 3. The number of anilines is 1. The lowest BCUT2D eigenvalue weighted by Gasteiger charge is -2.18. The molecular formula is C14H14F2N2O3. The minimum atomic E-state index is -1.14. The third-order valence-electron chi connectivity index (χ3n) is 3.34. The average Bonchev–Trinajstić information content (AvgIpc) is 2.69. The number of nitrogens with zero attached hydrogens (tertiary/aromatic N) is 1. The Balaban J connectivity index is 2.31. The van der Waals surface area contributed by atoms with E-state index in [4.69, 9.17) is 0 Å². The second-order valence-electron chi connectivity index (χ2n) is 4.85. The molecule has 0 aliphatic carbocycles. The number of fused-ring (bicyclic) bond motifs is 1. The molecule has 1 heterocycles. The number of benzene rings is 1. The van der Waals surface area contributed by atoms with Crippen LogP contribution in [0.3, 0.4) is 0 Å². The zero-order chi connectivity index (χ0) is 15.7. The molecule has 0 spiro atoms. The van der Waals surface area contributed by atoms with Gasteiger partial charge in [0.1, 0.15) is 18.2 Å². The second-order valence-corrected chi connectivity index (χ2v) is 4.85. The zero-order valence-electron chi connectivity index (χ0n) is 11.6. The summed E-state index contributed by atoms with van der Waals surface area (Å²) in [4.78, 5) is 36.0. The molecule has 1 aromatic rings. The Morgan fingerprint density at radius 3 is 2.52 bits per heavy atom. The summed E-state index contributed by atoms with van der Waals surface area (Å²) in [6.45, 7) is 3.10. The monoisotopic (exact) mass is 296 g/mol. The quantitative estimate of drug-likeness (QED) is 0.854. The van der Waals surface area contributed by atoms with Crippen molar-refractivity contribution in [1.82, 2.24) is 5.32 Å². The highest BCUT2D eigenvalue weighted by Crippen LogP contribution is 2.33. The summed E-state index contributed by atoms with van der Waals surface area (Å²) in [5, 5.41) is 2.60. The summed E-state index contributed by atoms with van der Waals surface area (Å²) in [5.41, 5.74) is -1.08. The molecule has 1 unspecified atom stereocenters. The zero-order valence-corrected chi connectivity index (χ0v) is 11.6. The Morgan fingerprint density at radius 2 is 1.90 bits per heavy atom. The second kappa shape index (κ2) is 5.59.